The number of carbonyl (C=O) groups is 2. The summed E-state index contributed by atoms with van der Waals surface area (Å²) < 4.78 is 13.0. The number of amides is 3. The minimum absolute atomic E-state index is 0.0438. The van der Waals surface area contributed by atoms with Crippen LogP contribution in [0.3, 0.4) is 0 Å². The summed E-state index contributed by atoms with van der Waals surface area (Å²) >= 11 is 0. The largest absolute Gasteiger partial charge is 0.332 e. The molecule has 23 heavy (non-hydrogen) atoms. The lowest BCUT2D eigenvalue weighted by molar-refractivity contribution is -0.127. The Labute approximate surface area is 133 Å². The van der Waals surface area contributed by atoms with Gasteiger partial charge in [0.25, 0.3) is 5.91 Å². The Hall–Kier alpha value is -2.93. The monoisotopic (exact) mass is 314 g/mol. The van der Waals surface area contributed by atoms with Crippen LogP contribution in [0.15, 0.2) is 24.3 Å². The SMILES string of the molecule is C[C@H]1C(=O)N(C[C@@H](C#N)CCC#N)C(=O)N1c1ccc(F)cc1. The third-order valence-corrected chi connectivity index (χ3v) is 3.74. The molecule has 3 amide bonds. The fourth-order valence-electron chi connectivity index (χ4n) is 2.49. The fourth-order valence-corrected chi connectivity index (χ4v) is 2.49. The molecule has 0 spiro atoms. The number of anilines is 1. The van der Waals surface area contributed by atoms with E-state index in [0.717, 1.165) is 4.90 Å². The summed E-state index contributed by atoms with van der Waals surface area (Å²) in [6.07, 6.45) is 0.487. The van der Waals surface area contributed by atoms with Crippen LogP contribution >= 0.6 is 0 Å². The molecule has 1 fully saturated rings. The number of urea groups is 1. The van der Waals surface area contributed by atoms with Crippen molar-refractivity contribution in [1.82, 2.24) is 4.90 Å². The molecule has 0 bridgehead atoms. The molecular weight excluding hydrogens is 299 g/mol. The molecule has 1 aliphatic rings. The van der Waals surface area contributed by atoms with Crippen LogP contribution < -0.4 is 4.90 Å². The lowest BCUT2D eigenvalue weighted by Gasteiger charge is -2.20. The number of nitrogens with zero attached hydrogens (tertiary/aromatic N) is 4. The van der Waals surface area contributed by atoms with Gasteiger partial charge in [0, 0.05) is 18.7 Å². The first kappa shape index (κ1) is 16.4. The van der Waals surface area contributed by atoms with Gasteiger partial charge >= 0.3 is 6.03 Å². The third kappa shape index (κ3) is 3.29. The number of imide groups is 1. The van der Waals surface area contributed by atoms with E-state index in [0.29, 0.717) is 12.1 Å². The molecule has 2 atom stereocenters. The predicted molar refractivity (Wildman–Crippen MR) is 79.4 cm³/mol. The Morgan fingerprint density at radius 2 is 1.91 bits per heavy atom. The molecular formula is C16H15FN4O2. The van der Waals surface area contributed by atoms with Gasteiger partial charge in [0.05, 0.1) is 18.1 Å². The summed E-state index contributed by atoms with van der Waals surface area (Å²) in [5.41, 5.74) is 0.422. The van der Waals surface area contributed by atoms with Gasteiger partial charge in [0.15, 0.2) is 0 Å². The minimum atomic E-state index is -0.719. The smallest absolute Gasteiger partial charge is 0.282 e. The molecule has 1 heterocycles. The van der Waals surface area contributed by atoms with Crippen LogP contribution in [0.2, 0.25) is 0 Å². The average molecular weight is 314 g/mol. The summed E-state index contributed by atoms with van der Waals surface area (Å²) in [5, 5.41) is 17.7. The molecule has 1 saturated heterocycles. The van der Waals surface area contributed by atoms with Gasteiger partial charge < -0.3 is 0 Å². The highest BCUT2D eigenvalue weighted by Crippen LogP contribution is 2.27. The van der Waals surface area contributed by atoms with Gasteiger partial charge in [-0.15, -0.1) is 0 Å². The van der Waals surface area contributed by atoms with Gasteiger partial charge in [-0.2, -0.15) is 10.5 Å². The normalized spacial score (nSPS) is 18.7. The van der Waals surface area contributed by atoms with Gasteiger partial charge in [-0.1, -0.05) is 0 Å². The first-order valence-corrected chi connectivity index (χ1v) is 7.16. The first-order chi connectivity index (χ1) is 11.0. The van der Waals surface area contributed by atoms with E-state index in [-0.39, 0.29) is 13.0 Å². The molecule has 7 heteroatoms. The van der Waals surface area contributed by atoms with Gasteiger partial charge in [-0.05, 0) is 37.6 Å². The maximum absolute atomic E-state index is 13.0. The minimum Gasteiger partial charge on any atom is -0.282 e. The predicted octanol–water partition coefficient (Wildman–Crippen LogP) is 2.43. The highest BCUT2D eigenvalue weighted by atomic mass is 19.1. The Morgan fingerprint density at radius 3 is 2.48 bits per heavy atom. The van der Waals surface area contributed by atoms with Crippen LogP contribution in [0.25, 0.3) is 0 Å². The van der Waals surface area contributed by atoms with E-state index in [1.807, 2.05) is 12.1 Å². The van der Waals surface area contributed by atoms with E-state index in [1.165, 1.54) is 29.2 Å². The molecule has 0 aromatic heterocycles. The average Bonchev–Trinajstić information content (AvgIpc) is 2.75. The number of rotatable bonds is 5. The fraction of sp³-hybridized carbons (Fsp3) is 0.375. The van der Waals surface area contributed by atoms with Gasteiger partial charge in [0.2, 0.25) is 0 Å². The van der Waals surface area contributed by atoms with Crippen molar-refractivity contribution in [2.75, 3.05) is 11.4 Å². The topological polar surface area (TPSA) is 88.2 Å². The Balaban J connectivity index is 2.19. The van der Waals surface area contributed by atoms with Crippen molar-refractivity contribution in [1.29, 1.82) is 10.5 Å². The number of benzene rings is 1. The van der Waals surface area contributed by atoms with Crippen molar-refractivity contribution >= 4 is 17.6 Å². The number of nitriles is 2. The van der Waals surface area contributed by atoms with Crippen LogP contribution in [0.4, 0.5) is 14.9 Å². The molecule has 0 unspecified atom stereocenters. The number of carbonyl (C=O) groups excluding carboxylic acids is 2. The molecule has 1 aromatic rings. The van der Waals surface area contributed by atoms with Crippen molar-refractivity contribution in [2.45, 2.75) is 25.8 Å². The van der Waals surface area contributed by atoms with Crippen LogP contribution in [0.5, 0.6) is 0 Å². The van der Waals surface area contributed by atoms with Crippen molar-refractivity contribution in [3.63, 3.8) is 0 Å². The van der Waals surface area contributed by atoms with Crippen LogP contribution in [0, 0.1) is 34.4 Å². The third-order valence-electron chi connectivity index (χ3n) is 3.74. The molecule has 0 saturated carbocycles. The molecule has 0 N–H and O–H groups in total. The first-order valence-electron chi connectivity index (χ1n) is 7.16. The van der Waals surface area contributed by atoms with E-state index < -0.39 is 29.7 Å². The molecule has 6 nitrogen and oxygen atoms in total. The number of halogens is 1. The lowest BCUT2D eigenvalue weighted by atomic mass is 10.1. The van der Waals surface area contributed by atoms with Crippen molar-refractivity contribution in [3.05, 3.63) is 30.1 Å². The van der Waals surface area contributed by atoms with E-state index >= 15 is 0 Å². The molecule has 2 rings (SSSR count). The zero-order valence-electron chi connectivity index (χ0n) is 12.6. The maximum Gasteiger partial charge on any atom is 0.332 e. The number of hydrogen-bond donors (Lipinski definition) is 0. The standard InChI is InChI=1S/C16H15FN4O2/c1-11-15(22)20(10-12(9-19)3-2-8-18)16(23)21(11)14-6-4-13(17)5-7-14/h4-7,11-12H,2-3,10H2,1H3/t11-,12+/m0/s1. The zero-order chi connectivity index (χ0) is 17.0. The van der Waals surface area contributed by atoms with Crippen molar-refractivity contribution < 1.29 is 14.0 Å². The quantitative estimate of drug-likeness (QED) is 0.781. The molecule has 1 aromatic carbocycles. The van der Waals surface area contributed by atoms with Gasteiger partial charge in [0.1, 0.15) is 11.9 Å². The Kier molecular flexibility index (Phi) is 4.92. The van der Waals surface area contributed by atoms with Crippen molar-refractivity contribution in [2.24, 2.45) is 5.92 Å². The van der Waals surface area contributed by atoms with E-state index in [9.17, 15) is 14.0 Å². The van der Waals surface area contributed by atoms with Gasteiger partial charge in [-0.3, -0.25) is 14.6 Å². The highest BCUT2D eigenvalue weighted by molar-refractivity contribution is 6.14. The maximum atomic E-state index is 13.0. The second kappa shape index (κ2) is 6.89. The summed E-state index contributed by atoms with van der Waals surface area (Å²) in [6.45, 7) is 1.54. The van der Waals surface area contributed by atoms with Crippen LogP contribution in [-0.2, 0) is 4.79 Å². The molecule has 118 valence electrons. The van der Waals surface area contributed by atoms with Crippen LogP contribution in [-0.4, -0.2) is 29.4 Å². The van der Waals surface area contributed by atoms with E-state index in [4.69, 9.17) is 10.5 Å². The molecule has 1 aliphatic heterocycles. The molecule has 0 radical (unpaired) electrons. The summed E-state index contributed by atoms with van der Waals surface area (Å²) in [4.78, 5) is 27.1. The second-order valence-electron chi connectivity index (χ2n) is 5.28. The van der Waals surface area contributed by atoms with Gasteiger partial charge in [-0.25, -0.2) is 9.18 Å². The Bertz CT molecular complexity index is 690. The summed E-state index contributed by atoms with van der Waals surface area (Å²) in [6, 6.07) is 7.99. The zero-order valence-corrected chi connectivity index (χ0v) is 12.6. The Morgan fingerprint density at radius 1 is 1.26 bits per heavy atom. The summed E-state index contributed by atoms with van der Waals surface area (Å²) in [5.74, 6) is -1.42. The van der Waals surface area contributed by atoms with Crippen LogP contribution in [0.1, 0.15) is 19.8 Å². The summed E-state index contributed by atoms with van der Waals surface area (Å²) in [7, 11) is 0. The number of hydrogen-bond acceptors (Lipinski definition) is 4. The van der Waals surface area contributed by atoms with E-state index in [1.54, 1.807) is 6.92 Å². The molecule has 0 aliphatic carbocycles. The van der Waals surface area contributed by atoms with Crippen molar-refractivity contribution in [3.8, 4) is 12.1 Å². The highest BCUT2D eigenvalue weighted by Gasteiger charge is 2.43. The van der Waals surface area contributed by atoms with E-state index in [2.05, 4.69) is 0 Å². The lowest BCUT2D eigenvalue weighted by Crippen LogP contribution is -2.36. The second-order valence-corrected chi connectivity index (χ2v) is 5.28.